The molecule has 0 bridgehead atoms. The van der Waals surface area contributed by atoms with Crippen LogP contribution >= 0.6 is 0 Å². The van der Waals surface area contributed by atoms with Crippen LogP contribution in [0.2, 0.25) is 0 Å². The minimum Gasteiger partial charge on any atom is -0.480 e. The van der Waals surface area contributed by atoms with Crippen LogP contribution in [-0.4, -0.2) is 53.6 Å². The van der Waals surface area contributed by atoms with Crippen molar-refractivity contribution >= 4 is 11.9 Å². The monoisotopic (exact) mass is 255 g/mol. The lowest BCUT2D eigenvalue weighted by Crippen LogP contribution is -2.49. The highest BCUT2D eigenvalue weighted by atomic mass is 16.4. The van der Waals surface area contributed by atoms with E-state index in [9.17, 15) is 9.59 Å². The Morgan fingerprint density at radius 3 is 2.39 bits per heavy atom. The molecule has 4 N–H and O–H groups in total. The number of carboxylic acid groups (broad SMARTS) is 1. The van der Waals surface area contributed by atoms with Crippen LogP contribution in [0.5, 0.6) is 0 Å². The molecule has 0 aromatic carbocycles. The molecule has 1 atom stereocenters. The zero-order chi connectivity index (χ0) is 13.1. The number of carbonyl (C=O) groups is 2. The van der Waals surface area contributed by atoms with Gasteiger partial charge < -0.3 is 16.2 Å². The van der Waals surface area contributed by atoms with Crippen molar-refractivity contribution in [1.82, 2.24) is 10.2 Å². The molecule has 0 aromatic heterocycles. The fourth-order valence-corrected chi connectivity index (χ4v) is 2.34. The molecular weight excluding hydrogens is 234 g/mol. The quantitative estimate of drug-likeness (QED) is 0.609. The number of likely N-dealkylation sites (tertiary alicyclic amines) is 1. The highest BCUT2D eigenvalue weighted by Gasteiger charge is 2.37. The van der Waals surface area contributed by atoms with Gasteiger partial charge in [-0.25, -0.2) is 4.79 Å². The molecule has 1 aliphatic carbocycles. The Morgan fingerprint density at radius 2 is 1.89 bits per heavy atom. The number of aliphatic carboxylic acids is 1. The standard InChI is InChI=1S/C12H21N3O3/c13-9-3-5-15(6-4-9)7-10(16)14-11(12(17)18)8-1-2-8/h8-9,11H,1-7,13H2,(H,14,16)(H,17,18). The minimum absolute atomic E-state index is 0.126. The smallest absolute Gasteiger partial charge is 0.326 e. The molecule has 1 unspecified atom stereocenters. The number of rotatable bonds is 5. The van der Waals surface area contributed by atoms with E-state index in [-0.39, 0.29) is 24.4 Å². The number of amides is 1. The Balaban J connectivity index is 1.75. The van der Waals surface area contributed by atoms with Crippen LogP contribution in [0.4, 0.5) is 0 Å². The van der Waals surface area contributed by atoms with Gasteiger partial charge in [0.25, 0.3) is 0 Å². The molecule has 1 amide bonds. The number of nitrogens with zero attached hydrogens (tertiary/aromatic N) is 1. The van der Waals surface area contributed by atoms with E-state index in [4.69, 9.17) is 10.8 Å². The first-order valence-corrected chi connectivity index (χ1v) is 6.56. The van der Waals surface area contributed by atoms with Gasteiger partial charge in [0.1, 0.15) is 6.04 Å². The molecule has 102 valence electrons. The molecule has 6 heteroatoms. The molecule has 1 aliphatic heterocycles. The molecular formula is C12H21N3O3. The maximum Gasteiger partial charge on any atom is 0.326 e. The Morgan fingerprint density at radius 1 is 1.28 bits per heavy atom. The van der Waals surface area contributed by atoms with Gasteiger partial charge in [-0.2, -0.15) is 0 Å². The van der Waals surface area contributed by atoms with Crippen LogP contribution in [-0.2, 0) is 9.59 Å². The van der Waals surface area contributed by atoms with Crippen LogP contribution in [0.25, 0.3) is 0 Å². The molecule has 1 saturated heterocycles. The van der Waals surface area contributed by atoms with E-state index in [1.807, 2.05) is 4.90 Å². The first-order valence-electron chi connectivity index (χ1n) is 6.56. The average Bonchev–Trinajstić information content (AvgIpc) is 3.13. The van der Waals surface area contributed by atoms with Crippen LogP contribution in [0.15, 0.2) is 0 Å². The number of piperidine rings is 1. The molecule has 1 heterocycles. The van der Waals surface area contributed by atoms with Crippen molar-refractivity contribution in [1.29, 1.82) is 0 Å². The topological polar surface area (TPSA) is 95.7 Å². The maximum absolute atomic E-state index is 11.8. The van der Waals surface area contributed by atoms with E-state index in [2.05, 4.69) is 5.32 Å². The molecule has 2 rings (SSSR count). The van der Waals surface area contributed by atoms with Gasteiger partial charge in [0.05, 0.1) is 6.54 Å². The molecule has 2 fully saturated rings. The van der Waals surface area contributed by atoms with Crippen molar-refractivity contribution in [2.24, 2.45) is 11.7 Å². The predicted molar refractivity (Wildman–Crippen MR) is 65.9 cm³/mol. The Hall–Kier alpha value is -1.14. The van der Waals surface area contributed by atoms with Crippen LogP contribution in [0.1, 0.15) is 25.7 Å². The fourth-order valence-electron chi connectivity index (χ4n) is 2.34. The third-order valence-corrected chi connectivity index (χ3v) is 3.68. The molecule has 1 saturated carbocycles. The van der Waals surface area contributed by atoms with Gasteiger partial charge in [0.15, 0.2) is 0 Å². The van der Waals surface area contributed by atoms with E-state index in [0.717, 1.165) is 38.8 Å². The lowest BCUT2D eigenvalue weighted by molar-refractivity contribution is -0.142. The number of hydrogen-bond donors (Lipinski definition) is 3. The van der Waals surface area contributed by atoms with Gasteiger partial charge in [0, 0.05) is 19.1 Å². The lowest BCUT2D eigenvalue weighted by atomic mass is 10.1. The van der Waals surface area contributed by atoms with Crippen molar-refractivity contribution in [3.63, 3.8) is 0 Å². The van der Waals surface area contributed by atoms with Gasteiger partial charge >= 0.3 is 5.97 Å². The summed E-state index contributed by atoms with van der Waals surface area (Å²) in [7, 11) is 0. The summed E-state index contributed by atoms with van der Waals surface area (Å²) >= 11 is 0. The van der Waals surface area contributed by atoms with Crippen LogP contribution in [0, 0.1) is 5.92 Å². The summed E-state index contributed by atoms with van der Waals surface area (Å²) in [5, 5.41) is 11.7. The van der Waals surface area contributed by atoms with Crippen LogP contribution < -0.4 is 11.1 Å². The predicted octanol–water partition coefficient (Wildman–Crippen LogP) is -0.611. The van der Waals surface area contributed by atoms with Crippen LogP contribution in [0.3, 0.4) is 0 Å². The second-order valence-electron chi connectivity index (χ2n) is 5.33. The van der Waals surface area contributed by atoms with Crippen molar-refractivity contribution in [2.75, 3.05) is 19.6 Å². The van der Waals surface area contributed by atoms with Crippen molar-refractivity contribution in [3.8, 4) is 0 Å². The summed E-state index contributed by atoms with van der Waals surface area (Å²) < 4.78 is 0. The zero-order valence-electron chi connectivity index (χ0n) is 10.5. The SMILES string of the molecule is NC1CCN(CC(=O)NC(C(=O)O)C2CC2)CC1. The minimum atomic E-state index is -0.925. The summed E-state index contributed by atoms with van der Waals surface area (Å²) in [6, 6.07) is -0.466. The number of carbonyl (C=O) groups excluding carboxylic acids is 1. The number of nitrogens with one attached hydrogen (secondary N) is 1. The first-order chi connectivity index (χ1) is 8.56. The summed E-state index contributed by atoms with van der Waals surface area (Å²) in [6.07, 6.45) is 3.60. The van der Waals surface area contributed by atoms with Gasteiger partial charge in [-0.15, -0.1) is 0 Å². The molecule has 2 aliphatic rings. The third kappa shape index (κ3) is 3.68. The Bertz CT molecular complexity index is 323. The first kappa shape index (κ1) is 13.3. The second kappa shape index (κ2) is 5.67. The fraction of sp³-hybridized carbons (Fsp3) is 0.833. The number of hydrogen-bond acceptors (Lipinski definition) is 4. The molecule has 18 heavy (non-hydrogen) atoms. The van der Waals surface area contributed by atoms with Crippen molar-refractivity contribution < 1.29 is 14.7 Å². The highest BCUT2D eigenvalue weighted by molar-refractivity contribution is 5.85. The van der Waals surface area contributed by atoms with Gasteiger partial charge in [-0.3, -0.25) is 9.69 Å². The number of nitrogens with two attached hydrogens (primary N) is 1. The average molecular weight is 255 g/mol. The summed E-state index contributed by atoms with van der Waals surface area (Å²) in [4.78, 5) is 24.8. The third-order valence-electron chi connectivity index (χ3n) is 3.68. The van der Waals surface area contributed by atoms with Gasteiger partial charge in [-0.1, -0.05) is 0 Å². The van der Waals surface area contributed by atoms with Crippen molar-refractivity contribution in [3.05, 3.63) is 0 Å². The molecule has 0 aromatic rings. The number of carboxylic acids is 1. The van der Waals surface area contributed by atoms with Gasteiger partial charge in [0.2, 0.25) is 5.91 Å². The molecule has 6 nitrogen and oxygen atoms in total. The van der Waals surface area contributed by atoms with E-state index in [1.54, 1.807) is 0 Å². The van der Waals surface area contributed by atoms with E-state index in [0.29, 0.717) is 0 Å². The zero-order valence-corrected chi connectivity index (χ0v) is 10.5. The van der Waals surface area contributed by atoms with Crippen molar-refractivity contribution in [2.45, 2.75) is 37.8 Å². The summed E-state index contributed by atoms with van der Waals surface area (Å²) in [5.41, 5.74) is 5.79. The van der Waals surface area contributed by atoms with Gasteiger partial charge in [-0.05, 0) is 31.6 Å². The Labute approximate surface area is 107 Å². The van der Waals surface area contributed by atoms with E-state index < -0.39 is 12.0 Å². The van der Waals surface area contributed by atoms with E-state index in [1.165, 1.54) is 0 Å². The highest BCUT2D eigenvalue weighted by Crippen LogP contribution is 2.32. The second-order valence-corrected chi connectivity index (χ2v) is 5.33. The molecule has 0 radical (unpaired) electrons. The Kier molecular flexibility index (Phi) is 4.19. The molecule has 0 spiro atoms. The maximum atomic E-state index is 11.8. The summed E-state index contributed by atoms with van der Waals surface area (Å²) in [6.45, 7) is 1.91. The lowest BCUT2D eigenvalue weighted by Gasteiger charge is -2.29. The van der Waals surface area contributed by atoms with E-state index >= 15 is 0 Å². The normalized spacial score (nSPS) is 23.6. The largest absolute Gasteiger partial charge is 0.480 e. The summed E-state index contributed by atoms with van der Waals surface area (Å²) in [5.74, 6) is -0.988.